The van der Waals surface area contributed by atoms with Gasteiger partial charge in [0.05, 0.1) is 5.71 Å². The first-order valence-electron chi connectivity index (χ1n) is 4.34. The summed E-state index contributed by atoms with van der Waals surface area (Å²) in [6, 6.07) is 0.689. The van der Waals surface area contributed by atoms with Gasteiger partial charge in [-0.1, -0.05) is 5.16 Å². The first-order valence-corrected chi connectivity index (χ1v) is 4.34. The molecule has 62 valence electrons. The molecule has 2 fully saturated rings. The third-order valence-electron chi connectivity index (χ3n) is 2.80. The van der Waals surface area contributed by atoms with E-state index < -0.39 is 0 Å². The largest absolute Gasteiger partial charge is 0.411 e. The van der Waals surface area contributed by atoms with Crippen LogP contribution in [-0.4, -0.2) is 35.0 Å². The molecule has 0 amide bonds. The van der Waals surface area contributed by atoms with Crippen molar-refractivity contribution < 1.29 is 5.21 Å². The number of nitrogens with zero attached hydrogens (tertiary/aromatic N) is 2. The van der Waals surface area contributed by atoms with Gasteiger partial charge in [0, 0.05) is 25.4 Å². The van der Waals surface area contributed by atoms with Gasteiger partial charge < -0.3 is 5.21 Å². The van der Waals surface area contributed by atoms with Crippen LogP contribution in [0.2, 0.25) is 0 Å². The molecule has 0 aromatic heterocycles. The Kier molecular flexibility index (Phi) is 1.82. The van der Waals surface area contributed by atoms with E-state index in [1.54, 1.807) is 0 Å². The van der Waals surface area contributed by atoms with Gasteiger partial charge in [-0.05, 0) is 19.4 Å². The molecule has 0 aromatic rings. The SMILES string of the molecule is O/N=C1\CCN2CCCC2C1. The molecule has 0 radical (unpaired) electrons. The molecule has 0 aromatic carbocycles. The quantitative estimate of drug-likeness (QED) is 0.418. The monoisotopic (exact) mass is 154 g/mol. The van der Waals surface area contributed by atoms with Crippen LogP contribution in [0.25, 0.3) is 0 Å². The number of piperidine rings is 1. The molecule has 1 N–H and O–H groups in total. The molecule has 2 rings (SSSR count). The van der Waals surface area contributed by atoms with E-state index in [1.165, 1.54) is 19.4 Å². The summed E-state index contributed by atoms with van der Waals surface area (Å²) in [5.41, 5.74) is 0.994. The molecule has 0 spiro atoms. The summed E-state index contributed by atoms with van der Waals surface area (Å²) < 4.78 is 0. The fourth-order valence-corrected chi connectivity index (χ4v) is 2.16. The van der Waals surface area contributed by atoms with Crippen molar-refractivity contribution in [1.29, 1.82) is 0 Å². The molecule has 0 saturated carbocycles. The number of hydrogen-bond donors (Lipinski definition) is 1. The highest BCUT2D eigenvalue weighted by molar-refractivity contribution is 5.85. The number of fused-ring (bicyclic) bond motifs is 1. The number of oxime groups is 1. The Morgan fingerprint density at radius 2 is 2.36 bits per heavy atom. The van der Waals surface area contributed by atoms with E-state index in [0.717, 1.165) is 25.1 Å². The highest BCUT2D eigenvalue weighted by Gasteiger charge is 2.29. The summed E-state index contributed by atoms with van der Waals surface area (Å²) in [6.07, 6.45) is 4.58. The van der Waals surface area contributed by atoms with Crippen LogP contribution < -0.4 is 0 Å². The topological polar surface area (TPSA) is 35.8 Å². The smallest absolute Gasteiger partial charge is 0.0599 e. The fourth-order valence-electron chi connectivity index (χ4n) is 2.16. The van der Waals surface area contributed by atoms with Gasteiger partial charge in [0.25, 0.3) is 0 Å². The predicted molar refractivity (Wildman–Crippen MR) is 43.1 cm³/mol. The van der Waals surface area contributed by atoms with Crippen LogP contribution >= 0.6 is 0 Å². The third-order valence-corrected chi connectivity index (χ3v) is 2.80. The maximum atomic E-state index is 8.58. The van der Waals surface area contributed by atoms with Crippen molar-refractivity contribution in [2.75, 3.05) is 13.1 Å². The van der Waals surface area contributed by atoms with Crippen molar-refractivity contribution >= 4 is 5.71 Å². The highest BCUT2D eigenvalue weighted by atomic mass is 16.4. The Balaban J connectivity index is 2.02. The van der Waals surface area contributed by atoms with Crippen molar-refractivity contribution in [3.8, 4) is 0 Å². The zero-order valence-electron chi connectivity index (χ0n) is 6.66. The van der Waals surface area contributed by atoms with Crippen molar-refractivity contribution in [1.82, 2.24) is 4.90 Å². The zero-order valence-corrected chi connectivity index (χ0v) is 6.66. The van der Waals surface area contributed by atoms with Crippen LogP contribution in [0.5, 0.6) is 0 Å². The predicted octanol–water partition coefficient (Wildman–Crippen LogP) is 1.07. The first-order chi connectivity index (χ1) is 5.40. The molecule has 2 aliphatic rings. The molecule has 3 nitrogen and oxygen atoms in total. The lowest BCUT2D eigenvalue weighted by Gasteiger charge is -2.29. The van der Waals surface area contributed by atoms with Gasteiger partial charge in [-0.15, -0.1) is 0 Å². The summed E-state index contributed by atoms with van der Waals surface area (Å²) in [5.74, 6) is 0. The number of hydrogen-bond acceptors (Lipinski definition) is 3. The van der Waals surface area contributed by atoms with Gasteiger partial charge in [0.1, 0.15) is 0 Å². The molecule has 1 unspecified atom stereocenters. The van der Waals surface area contributed by atoms with Crippen molar-refractivity contribution in [3.63, 3.8) is 0 Å². The molecule has 0 bridgehead atoms. The van der Waals surface area contributed by atoms with E-state index in [9.17, 15) is 0 Å². The van der Waals surface area contributed by atoms with E-state index in [1.807, 2.05) is 0 Å². The Morgan fingerprint density at radius 1 is 1.45 bits per heavy atom. The highest BCUT2D eigenvalue weighted by Crippen LogP contribution is 2.24. The van der Waals surface area contributed by atoms with Gasteiger partial charge in [-0.25, -0.2) is 0 Å². The van der Waals surface area contributed by atoms with Crippen LogP contribution in [0.4, 0.5) is 0 Å². The molecule has 2 aliphatic heterocycles. The zero-order chi connectivity index (χ0) is 7.68. The average Bonchev–Trinajstić information content (AvgIpc) is 2.50. The third kappa shape index (κ3) is 1.25. The van der Waals surface area contributed by atoms with E-state index in [4.69, 9.17) is 5.21 Å². The maximum Gasteiger partial charge on any atom is 0.0599 e. The van der Waals surface area contributed by atoms with Gasteiger partial charge in [-0.3, -0.25) is 4.90 Å². The number of rotatable bonds is 0. The van der Waals surface area contributed by atoms with E-state index in [2.05, 4.69) is 10.1 Å². The summed E-state index contributed by atoms with van der Waals surface area (Å²) in [7, 11) is 0. The lowest BCUT2D eigenvalue weighted by atomic mass is 10.0. The van der Waals surface area contributed by atoms with Gasteiger partial charge in [0.15, 0.2) is 0 Å². The minimum absolute atomic E-state index is 0.689. The first kappa shape index (κ1) is 7.10. The van der Waals surface area contributed by atoms with E-state index in [-0.39, 0.29) is 0 Å². The standard InChI is InChI=1S/C8H14N2O/c11-9-7-3-5-10-4-1-2-8(10)6-7/h8,11H,1-6H2/b9-7+. The van der Waals surface area contributed by atoms with Gasteiger partial charge >= 0.3 is 0 Å². The Bertz CT molecular complexity index is 179. The molecule has 2 heterocycles. The second-order valence-corrected chi connectivity index (χ2v) is 3.45. The lowest BCUT2D eigenvalue weighted by molar-refractivity contribution is 0.240. The summed E-state index contributed by atoms with van der Waals surface area (Å²) in [6.45, 7) is 2.35. The van der Waals surface area contributed by atoms with Crippen molar-refractivity contribution in [3.05, 3.63) is 0 Å². The molecule has 2 saturated heterocycles. The van der Waals surface area contributed by atoms with E-state index in [0.29, 0.717) is 6.04 Å². The Hall–Kier alpha value is -0.570. The minimum atomic E-state index is 0.689. The Labute approximate surface area is 66.7 Å². The van der Waals surface area contributed by atoms with E-state index >= 15 is 0 Å². The van der Waals surface area contributed by atoms with Crippen molar-refractivity contribution in [2.24, 2.45) is 5.16 Å². The normalized spacial score (nSPS) is 36.0. The van der Waals surface area contributed by atoms with Crippen LogP contribution in [-0.2, 0) is 0 Å². The van der Waals surface area contributed by atoms with Crippen LogP contribution in [0.1, 0.15) is 25.7 Å². The maximum absolute atomic E-state index is 8.58. The van der Waals surface area contributed by atoms with Crippen LogP contribution in [0, 0.1) is 0 Å². The molecular formula is C8H14N2O. The molecule has 11 heavy (non-hydrogen) atoms. The summed E-state index contributed by atoms with van der Waals surface area (Å²) in [4.78, 5) is 2.51. The second kappa shape index (κ2) is 2.81. The minimum Gasteiger partial charge on any atom is -0.411 e. The fraction of sp³-hybridized carbons (Fsp3) is 0.875. The average molecular weight is 154 g/mol. The molecular weight excluding hydrogens is 140 g/mol. The van der Waals surface area contributed by atoms with Crippen LogP contribution in [0.3, 0.4) is 0 Å². The van der Waals surface area contributed by atoms with Gasteiger partial charge in [-0.2, -0.15) is 0 Å². The lowest BCUT2D eigenvalue weighted by Crippen LogP contribution is -2.38. The van der Waals surface area contributed by atoms with Gasteiger partial charge in [0.2, 0.25) is 0 Å². The second-order valence-electron chi connectivity index (χ2n) is 3.45. The molecule has 0 aliphatic carbocycles. The molecule has 3 heteroatoms. The summed E-state index contributed by atoms with van der Waals surface area (Å²) >= 11 is 0. The molecule has 1 atom stereocenters. The summed E-state index contributed by atoms with van der Waals surface area (Å²) in [5, 5.41) is 11.9. The van der Waals surface area contributed by atoms with Crippen LogP contribution in [0.15, 0.2) is 5.16 Å². The Morgan fingerprint density at radius 3 is 3.18 bits per heavy atom. The van der Waals surface area contributed by atoms with Crippen molar-refractivity contribution in [2.45, 2.75) is 31.7 Å².